The monoisotopic (exact) mass is 317 g/mol. The Bertz CT molecular complexity index is 513. The molecule has 1 atom stereocenters. The van der Waals surface area contributed by atoms with Gasteiger partial charge in [-0.3, -0.25) is 4.79 Å². The minimum atomic E-state index is -4.75. The smallest absolute Gasteiger partial charge is 0.417 e. The van der Waals surface area contributed by atoms with Crippen LogP contribution in [0.1, 0.15) is 36.0 Å². The fraction of sp³-hybridized carbons (Fsp3) is 0.533. The summed E-state index contributed by atoms with van der Waals surface area (Å²) >= 11 is 0. The van der Waals surface area contributed by atoms with E-state index < -0.39 is 18.9 Å². The fourth-order valence-electron chi connectivity index (χ4n) is 2.38. The first-order valence-electron chi connectivity index (χ1n) is 7.15. The molecule has 0 unspecified atom stereocenters. The number of amides is 1. The number of aliphatic hydroxyl groups is 1. The van der Waals surface area contributed by atoms with Crippen LogP contribution in [0.3, 0.4) is 0 Å². The SMILES string of the molecule is O=C(NC1CCCC1)c1ccccc1OC[C@@H](O)C(F)(F)F. The molecule has 122 valence electrons. The lowest BCUT2D eigenvalue weighted by molar-refractivity contribution is -0.210. The van der Waals surface area contributed by atoms with Gasteiger partial charge in [0.1, 0.15) is 12.4 Å². The van der Waals surface area contributed by atoms with E-state index in [4.69, 9.17) is 9.84 Å². The third-order valence-electron chi connectivity index (χ3n) is 3.60. The highest BCUT2D eigenvalue weighted by Crippen LogP contribution is 2.24. The molecule has 1 aromatic rings. The van der Waals surface area contributed by atoms with Gasteiger partial charge in [-0.2, -0.15) is 13.2 Å². The maximum Gasteiger partial charge on any atom is 0.417 e. The van der Waals surface area contributed by atoms with Gasteiger partial charge in [-0.05, 0) is 25.0 Å². The van der Waals surface area contributed by atoms with Crippen molar-refractivity contribution in [3.05, 3.63) is 29.8 Å². The minimum absolute atomic E-state index is 0.0290. The van der Waals surface area contributed by atoms with Crippen LogP contribution in [0.25, 0.3) is 0 Å². The summed E-state index contributed by atoms with van der Waals surface area (Å²) in [5, 5.41) is 11.8. The van der Waals surface area contributed by atoms with E-state index in [0.717, 1.165) is 25.7 Å². The summed E-state index contributed by atoms with van der Waals surface area (Å²) in [6.07, 6.45) is -3.41. The lowest BCUT2D eigenvalue weighted by Crippen LogP contribution is -2.35. The standard InChI is InChI=1S/C15H18F3NO3/c16-15(17,18)13(20)9-22-12-8-4-3-7-11(12)14(21)19-10-5-1-2-6-10/h3-4,7-8,10,13,20H,1-2,5-6,9H2,(H,19,21)/t13-/m1/s1. The van der Waals surface area contributed by atoms with Gasteiger partial charge in [0, 0.05) is 6.04 Å². The van der Waals surface area contributed by atoms with Crippen LogP contribution in [0.4, 0.5) is 13.2 Å². The summed E-state index contributed by atoms with van der Waals surface area (Å²) in [6, 6.07) is 6.16. The molecular formula is C15H18F3NO3. The minimum Gasteiger partial charge on any atom is -0.490 e. The Morgan fingerprint density at radius 3 is 2.59 bits per heavy atom. The van der Waals surface area contributed by atoms with Crippen molar-refractivity contribution in [3.8, 4) is 5.75 Å². The molecule has 22 heavy (non-hydrogen) atoms. The average molecular weight is 317 g/mol. The van der Waals surface area contributed by atoms with Crippen LogP contribution >= 0.6 is 0 Å². The van der Waals surface area contributed by atoms with Crippen molar-refractivity contribution in [1.29, 1.82) is 0 Å². The van der Waals surface area contributed by atoms with Gasteiger partial charge in [0.25, 0.3) is 5.91 Å². The molecule has 0 radical (unpaired) electrons. The van der Waals surface area contributed by atoms with Crippen LogP contribution in [0, 0.1) is 0 Å². The van der Waals surface area contributed by atoms with Gasteiger partial charge in [-0.1, -0.05) is 25.0 Å². The van der Waals surface area contributed by atoms with E-state index in [0.29, 0.717) is 0 Å². The van der Waals surface area contributed by atoms with Crippen molar-refractivity contribution in [1.82, 2.24) is 5.32 Å². The number of halogens is 3. The number of hydrogen-bond donors (Lipinski definition) is 2. The summed E-state index contributed by atoms with van der Waals surface area (Å²) < 4.78 is 41.8. The fourth-order valence-corrected chi connectivity index (χ4v) is 2.38. The first-order chi connectivity index (χ1) is 10.4. The number of benzene rings is 1. The molecular weight excluding hydrogens is 299 g/mol. The predicted octanol–water partition coefficient (Wildman–Crippen LogP) is 2.66. The lowest BCUT2D eigenvalue weighted by atomic mass is 10.1. The molecule has 4 nitrogen and oxygen atoms in total. The van der Waals surface area contributed by atoms with Crippen molar-refractivity contribution in [2.24, 2.45) is 0 Å². The molecule has 1 saturated carbocycles. The first kappa shape index (κ1) is 16.6. The Morgan fingerprint density at radius 2 is 1.95 bits per heavy atom. The van der Waals surface area contributed by atoms with Gasteiger partial charge < -0.3 is 15.2 Å². The van der Waals surface area contributed by atoms with Crippen LogP contribution in [0.5, 0.6) is 5.75 Å². The summed E-state index contributed by atoms with van der Waals surface area (Å²) in [5.74, 6) is -0.342. The number of para-hydroxylation sites is 1. The topological polar surface area (TPSA) is 58.6 Å². The second-order valence-corrected chi connectivity index (χ2v) is 5.32. The van der Waals surface area contributed by atoms with Crippen molar-refractivity contribution in [2.45, 2.75) is 44.0 Å². The molecule has 1 aliphatic carbocycles. The Kier molecular flexibility index (Phi) is 5.28. The molecule has 1 amide bonds. The number of hydrogen-bond acceptors (Lipinski definition) is 3. The zero-order valence-corrected chi connectivity index (χ0v) is 11.9. The van der Waals surface area contributed by atoms with Gasteiger partial charge in [0.2, 0.25) is 0 Å². The molecule has 0 saturated heterocycles. The number of alkyl halides is 3. The van der Waals surface area contributed by atoms with Gasteiger partial charge >= 0.3 is 6.18 Å². The highest BCUT2D eigenvalue weighted by atomic mass is 19.4. The summed E-state index contributed by atoms with van der Waals surface area (Å²) in [5.41, 5.74) is 0.170. The quantitative estimate of drug-likeness (QED) is 0.878. The zero-order valence-electron chi connectivity index (χ0n) is 11.9. The number of ether oxygens (including phenoxy) is 1. The first-order valence-corrected chi connectivity index (χ1v) is 7.15. The van der Waals surface area contributed by atoms with Crippen molar-refractivity contribution < 1.29 is 27.8 Å². The van der Waals surface area contributed by atoms with Crippen molar-refractivity contribution >= 4 is 5.91 Å². The van der Waals surface area contributed by atoms with Gasteiger partial charge in [0.05, 0.1) is 5.56 Å². The third-order valence-corrected chi connectivity index (χ3v) is 3.60. The van der Waals surface area contributed by atoms with Gasteiger partial charge in [-0.25, -0.2) is 0 Å². The molecule has 0 aromatic heterocycles. The Morgan fingerprint density at radius 1 is 1.32 bits per heavy atom. The normalized spacial score (nSPS) is 17.3. The maximum absolute atomic E-state index is 12.3. The average Bonchev–Trinajstić information content (AvgIpc) is 2.96. The maximum atomic E-state index is 12.3. The second kappa shape index (κ2) is 7.00. The predicted molar refractivity (Wildman–Crippen MR) is 73.7 cm³/mol. The summed E-state index contributed by atoms with van der Waals surface area (Å²) in [4.78, 5) is 12.2. The van der Waals surface area contributed by atoms with Gasteiger partial charge in [-0.15, -0.1) is 0 Å². The Labute approximate surface area is 126 Å². The van der Waals surface area contributed by atoms with E-state index >= 15 is 0 Å². The van der Waals surface area contributed by atoms with Crippen LogP contribution < -0.4 is 10.1 Å². The van der Waals surface area contributed by atoms with E-state index in [1.807, 2.05) is 0 Å². The van der Waals surface area contributed by atoms with Crippen LogP contribution in [0.2, 0.25) is 0 Å². The Balaban J connectivity index is 2.01. The second-order valence-electron chi connectivity index (χ2n) is 5.32. The van der Waals surface area contributed by atoms with Gasteiger partial charge in [0.15, 0.2) is 6.10 Å². The van der Waals surface area contributed by atoms with E-state index in [2.05, 4.69) is 5.32 Å². The molecule has 0 spiro atoms. The van der Waals surface area contributed by atoms with Crippen LogP contribution in [-0.2, 0) is 0 Å². The van der Waals surface area contributed by atoms with E-state index in [-0.39, 0.29) is 23.3 Å². The van der Waals surface area contributed by atoms with E-state index in [1.165, 1.54) is 12.1 Å². The van der Waals surface area contributed by atoms with E-state index in [1.54, 1.807) is 12.1 Å². The number of carbonyl (C=O) groups excluding carboxylic acids is 1. The summed E-state index contributed by atoms with van der Waals surface area (Å²) in [6.45, 7) is -0.947. The number of aliphatic hydroxyl groups excluding tert-OH is 1. The molecule has 2 N–H and O–H groups in total. The number of carbonyl (C=O) groups is 1. The molecule has 1 aliphatic rings. The van der Waals surface area contributed by atoms with Crippen LogP contribution in [-0.4, -0.2) is 35.9 Å². The molecule has 0 bridgehead atoms. The molecule has 0 aliphatic heterocycles. The number of nitrogens with one attached hydrogen (secondary N) is 1. The van der Waals surface area contributed by atoms with E-state index in [9.17, 15) is 18.0 Å². The number of rotatable bonds is 5. The third kappa shape index (κ3) is 4.37. The molecule has 1 fully saturated rings. The van der Waals surface area contributed by atoms with Crippen LogP contribution in [0.15, 0.2) is 24.3 Å². The molecule has 2 rings (SSSR count). The molecule has 7 heteroatoms. The zero-order chi connectivity index (χ0) is 16.2. The Hall–Kier alpha value is -1.76. The highest BCUT2D eigenvalue weighted by molar-refractivity contribution is 5.97. The van der Waals surface area contributed by atoms with Crippen molar-refractivity contribution in [2.75, 3.05) is 6.61 Å². The molecule has 1 aromatic carbocycles. The van der Waals surface area contributed by atoms with Crippen molar-refractivity contribution in [3.63, 3.8) is 0 Å². The molecule has 0 heterocycles. The highest BCUT2D eigenvalue weighted by Gasteiger charge is 2.38. The lowest BCUT2D eigenvalue weighted by Gasteiger charge is -2.18. The summed E-state index contributed by atoms with van der Waals surface area (Å²) in [7, 11) is 0. The largest absolute Gasteiger partial charge is 0.490 e.